The first-order valence-corrected chi connectivity index (χ1v) is 6.52. The van der Waals surface area contributed by atoms with E-state index in [1.54, 1.807) is 16.8 Å². The van der Waals surface area contributed by atoms with Crippen molar-refractivity contribution < 1.29 is 27.5 Å². The smallest absolute Gasteiger partial charge is 0.405 e. The molecule has 0 aliphatic rings. The molecule has 0 aliphatic carbocycles. The van der Waals surface area contributed by atoms with Crippen LogP contribution in [0.4, 0.5) is 13.2 Å². The Morgan fingerprint density at radius 1 is 1.24 bits per heavy atom. The van der Waals surface area contributed by atoms with Crippen LogP contribution in [0.3, 0.4) is 0 Å². The summed E-state index contributed by atoms with van der Waals surface area (Å²) in [6.45, 7) is 0. The van der Waals surface area contributed by atoms with Crippen molar-refractivity contribution in [3.8, 4) is 5.75 Å². The molecule has 1 aromatic carbocycles. The fraction of sp³-hybridized carbons (Fsp3) is 0.0769. The van der Waals surface area contributed by atoms with E-state index < -0.39 is 18.1 Å². The van der Waals surface area contributed by atoms with Crippen molar-refractivity contribution in [2.45, 2.75) is 6.36 Å². The van der Waals surface area contributed by atoms with Crippen LogP contribution in [0.5, 0.6) is 5.75 Å². The Labute approximate surface area is 121 Å². The lowest BCUT2D eigenvalue weighted by Crippen LogP contribution is -2.18. The van der Waals surface area contributed by atoms with Gasteiger partial charge in [-0.1, -0.05) is 17.3 Å². The molecule has 0 N–H and O–H groups in total. The number of nitrogens with zero attached hydrogens (tertiary/aromatic N) is 1. The first-order chi connectivity index (χ1) is 9.96. The van der Waals surface area contributed by atoms with Crippen LogP contribution in [0.15, 0.2) is 46.2 Å². The van der Waals surface area contributed by atoms with Crippen LogP contribution in [0.2, 0.25) is 0 Å². The van der Waals surface area contributed by atoms with Crippen molar-refractivity contribution in [2.24, 2.45) is 5.16 Å². The van der Waals surface area contributed by atoms with Crippen molar-refractivity contribution in [1.82, 2.24) is 0 Å². The zero-order valence-corrected chi connectivity index (χ0v) is 11.1. The maximum absolute atomic E-state index is 12.2. The van der Waals surface area contributed by atoms with E-state index in [0.29, 0.717) is 5.56 Å². The summed E-state index contributed by atoms with van der Waals surface area (Å²) < 4.78 is 40.5. The third-order valence-electron chi connectivity index (χ3n) is 2.23. The van der Waals surface area contributed by atoms with Crippen molar-refractivity contribution in [3.05, 3.63) is 52.2 Å². The van der Waals surface area contributed by atoms with Gasteiger partial charge in [-0.15, -0.1) is 13.2 Å². The molecule has 0 atom stereocenters. The quantitative estimate of drug-likeness (QED) is 0.489. The number of thiophene rings is 1. The molecule has 0 unspecified atom stereocenters. The van der Waals surface area contributed by atoms with E-state index in [-0.39, 0.29) is 5.56 Å². The first-order valence-electron chi connectivity index (χ1n) is 5.57. The van der Waals surface area contributed by atoms with Crippen LogP contribution in [-0.4, -0.2) is 18.5 Å². The predicted octanol–water partition coefficient (Wildman–Crippen LogP) is 3.84. The molecule has 1 aromatic heterocycles. The fourth-order valence-electron chi connectivity index (χ4n) is 1.37. The maximum Gasteiger partial charge on any atom is 0.573 e. The van der Waals surface area contributed by atoms with Crippen LogP contribution in [0.1, 0.15) is 15.9 Å². The summed E-state index contributed by atoms with van der Waals surface area (Å²) in [5.74, 6) is -1.12. The highest BCUT2D eigenvalue weighted by atomic mass is 32.1. The van der Waals surface area contributed by atoms with Gasteiger partial charge in [-0.3, -0.25) is 0 Å². The topological polar surface area (TPSA) is 47.9 Å². The molecule has 0 radical (unpaired) electrons. The van der Waals surface area contributed by atoms with Crippen LogP contribution in [0, 0.1) is 0 Å². The minimum absolute atomic E-state index is 0.0351. The van der Waals surface area contributed by atoms with E-state index in [2.05, 4.69) is 14.7 Å². The normalized spacial score (nSPS) is 11.6. The lowest BCUT2D eigenvalue weighted by Gasteiger charge is -2.10. The highest BCUT2D eigenvalue weighted by Crippen LogP contribution is 2.25. The van der Waals surface area contributed by atoms with Gasteiger partial charge in [-0.25, -0.2) is 4.79 Å². The Balaban J connectivity index is 2.05. The molecule has 0 aliphatic heterocycles. The van der Waals surface area contributed by atoms with Gasteiger partial charge in [-0.2, -0.15) is 11.3 Å². The van der Waals surface area contributed by atoms with Gasteiger partial charge in [0, 0.05) is 10.9 Å². The van der Waals surface area contributed by atoms with E-state index in [1.165, 1.54) is 29.5 Å². The minimum atomic E-state index is -4.81. The van der Waals surface area contributed by atoms with Gasteiger partial charge in [0.1, 0.15) is 5.75 Å². The number of ether oxygens (including phenoxy) is 1. The minimum Gasteiger partial charge on any atom is -0.405 e. The van der Waals surface area contributed by atoms with Gasteiger partial charge >= 0.3 is 12.3 Å². The van der Waals surface area contributed by atoms with E-state index in [1.807, 2.05) is 0 Å². The molecular formula is C13H8F3NO3S. The number of hydrogen-bond donors (Lipinski definition) is 0. The summed E-state index contributed by atoms with van der Waals surface area (Å²) in [5, 5.41) is 6.63. The Kier molecular flexibility index (Phi) is 4.59. The Morgan fingerprint density at radius 3 is 2.67 bits per heavy atom. The predicted molar refractivity (Wildman–Crippen MR) is 70.5 cm³/mol. The summed E-state index contributed by atoms with van der Waals surface area (Å²) >= 11 is 1.31. The zero-order valence-electron chi connectivity index (χ0n) is 10.3. The molecule has 21 heavy (non-hydrogen) atoms. The lowest BCUT2D eigenvalue weighted by molar-refractivity contribution is -0.274. The van der Waals surface area contributed by atoms with Crippen molar-refractivity contribution in [1.29, 1.82) is 0 Å². The molecule has 0 fully saturated rings. The molecule has 2 rings (SSSR count). The summed E-state index contributed by atoms with van der Waals surface area (Å²) in [7, 11) is 0. The van der Waals surface area contributed by atoms with Gasteiger partial charge in [0.25, 0.3) is 0 Å². The summed E-state index contributed by atoms with van der Waals surface area (Å²) in [6.07, 6.45) is -3.83. The lowest BCUT2D eigenvalue weighted by atomic mass is 10.2. The van der Waals surface area contributed by atoms with E-state index in [4.69, 9.17) is 0 Å². The SMILES string of the molecule is O=C(O/N=C/c1ccccc1OC(F)(F)F)c1ccsc1. The molecule has 8 heteroatoms. The molecule has 4 nitrogen and oxygen atoms in total. The summed E-state index contributed by atoms with van der Waals surface area (Å²) in [5.41, 5.74) is 0.352. The molecule has 110 valence electrons. The van der Waals surface area contributed by atoms with E-state index in [0.717, 1.165) is 12.3 Å². The number of para-hydroxylation sites is 1. The molecule has 0 amide bonds. The third kappa shape index (κ3) is 4.60. The highest BCUT2D eigenvalue weighted by Gasteiger charge is 2.31. The highest BCUT2D eigenvalue weighted by molar-refractivity contribution is 7.08. The Bertz CT molecular complexity index is 638. The largest absolute Gasteiger partial charge is 0.573 e. The van der Waals surface area contributed by atoms with Gasteiger partial charge in [0.05, 0.1) is 11.8 Å². The third-order valence-corrected chi connectivity index (χ3v) is 2.91. The van der Waals surface area contributed by atoms with Crippen LogP contribution < -0.4 is 4.74 Å². The van der Waals surface area contributed by atoms with Crippen LogP contribution in [-0.2, 0) is 4.84 Å². The average molecular weight is 315 g/mol. The molecule has 0 saturated carbocycles. The monoisotopic (exact) mass is 315 g/mol. The number of hydrogen-bond acceptors (Lipinski definition) is 5. The van der Waals surface area contributed by atoms with E-state index in [9.17, 15) is 18.0 Å². The van der Waals surface area contributed by atoms with Gasteiger partial charge in [0.2, 0.25) is 0 Å². The van der Waals surface area contributed by atoms with Gasteiger partial charge < -0.3 is 9.57 Å². The second kappa shape index (κ2) is 6.40. The van der Waals surface area contributed by atoms with Crippen molar-refractivity contribution in [3.63, 3.8) is 0 Å². The van der Waals surface area contributed by atoms with Gasteiger partial charge in [0.15, 0.2) is 0 Å². The molecule has 0 bridgehead atoms. The molecule has 2 aromatic rings. The Hall–Kier alpha value is -2.35. The summed E-state index contributed by atoms with van der Waals surface area (Å²) in [4.78, 5) is 16.0. The molecule has 0 saturated heterocycles. The Morgan fingerprint density at radius 2 is 2.00 bits per heavy atom. The van der Waals surface area contributed by atoms with Crippen molar-refractivity contribution in [2.75, 3.05) is 0 Å². The second-order valence-corrected chi connectivity index (χ2v) is 4.49. The van der Waals surface area contributed by atoms with Crippen molar-refractivity contribution >= 4 is 23.5 Å². The molecular weight excluding hydrogens is 307 g/mol. The molecule has 1 heterocycles. The van der Waals surface area contributed by atoms with Crippen LogP contribution in [0.25, 0.3) is 0 Å². The number of halogens is 3. The van der Waals surface area contributed by atoms with Crippen LogP contribution >= 0.6 is 11.3 Å². The summed E-state index contributed by atoms with van der Waals surface area (Å²) in [6, 6.07) is 6.92. The number of benzene rings is 1. The zero-order chi connectivity index (χ0) is 15.3. The number of carbonyl (C=O) groups excluding carboxylic acids is 1. The maximum atomic E-state index is 12.2. The van der Waals surface area contributed by atoms with E-state index >= 15 is 0 Å². The number of alkyl halides is 3. The first kappa shape index (κ1) is 15.0. The molecule has 0 spiro atoms. The number of oxime groups is 1. The average Bonchev–Trinajstić information content (AvgIpc) is 2.93. The number of rotatable bonds is 4. The number of carbonyl (C=O) groups is 1. The second-order valence-electron chi connectivity index (χ2n) is 3.71. The van der Waals surface area contributed by atoms with Gasteiger partial charge in [-0.05, 0) is 23.6 Å². The fourth-order valence-corrected chi connectivity index (χ4v) is 1.99. The standard InChI is InChI=1S/C13H8F3NO3S/c14-13(15,16)19-11-4-2-1-3-9(11)7-17-20-12(18)10-5-6-21-8-10/h1-8H/b17-7+.